The second-order valence-electron chi connectivity index (χ2n) is 7.02. The quantitative estimate of drug-likeness (QED) is 0.763. The molecule has 0 saturated carbocycles. The third kappa shape index (κ3) is 5.19. The van der Waals surface area contributed by atoms with Gasteiger partial charge in [0.05, 0.1) is 12.6 Å². The molecule has 1 atom stereocenters. The smallest absolute Gasteiger partial charge is 0.411 e. The van der Waals surface area contributed by atoms with Gasteiger partial charge in [0.2, 0.25) is 0 Å². The Balaban J connectivity index is 1.70. The molecule has 1 heterocycles. The number of amides is 2. The van der Waals surface area contributed by atoms with Gasteiger partial charge in [-0.3, -0.25) is 10.1 Å². The number of hydrogen-bond donors (Lipinski definition) is 2. The SMILES string of the molecule is CCOC(=O)Nc1ccc(C(=O)N[C@@H](c2ccc3c(c2)OCCO3)C(C)C)cc1. The van der Waals surface area contributed by atoms with E-state index in [0.29, 0.717) is 36.8 Å². The zero-order chi connectivity index (χ0) is 20.8. The zero-order valence-electron chi connectivity index (χ0n) is 16.9. The highest BCUT2D eigenvalue weighted by Crippen LogP contribution is 2.34. The molecule has 3 rings (SSSR count). The Labute approximate surface area is 170 Å². The number of anilines is 1. The lowest BCUT2D eigenvalue weighted by molar-refractivity contribution is 0.0925. The third-order valence-corrected chi connectivity index (χ3v) is 4.55. The minimum Gasteiger partial charge on any atom is -0.486 e. The zero-order valence-corrected chi connectivity index (χ0v) is 16.9. The highest BCUT2D eigenvalue weighted by Gasteiger charge is 2.22. The molecule has 0 radical (unpaired) electrons. The van der Waals surface area contributed by atoms with Crippen molar-refractivity contribution in [3.8, 4) is 11.5 Å². The van der Waals surface area contributed by atoms with E-state index in [1.165, 1.54) is 0 Å². The van der Waals surface area contributed by atoms with Crippen LogP contribution in [-0.4, -0.2) is 31.8 Å². The van der Waals surface area contributed by atoms with Crippen molar-refractivity contribution in [2.24, 2.45) is 5.92 Å². The topological polar surface area (TPSA) is 85.9 Å². The summed E-state index contributed by atoms with van der Waals surface area (Å²) in [6.07, 6.45) is -0.525. The van der Waals surface area contributed by atoms with Gasteiger partial charge in [0.1, 0.15) is 13.2 Å². The fourth-order valence-electron chi connectivity index (χ4n) is 3.10. The van der Waals surface area contributed by atoms with Gasteiger partial charge in [0.25, 0.3) is 5.91 Å². The lowest BCUT2D eigenvalue weighted by Crippen LogP contribution is -2.32. The standard InChI is InChI=1S/C22H26N2O5/c1-4-27-22(26)23-17-8-5-15(6-9-17)21(25)24-20(14(2)3)16-7-10-18-19(13-16)29-12-11-28-18/h5-10,13-14,20H,4,11-12H2,1-3H3,(H,23,26)(H,24,25)/t20-/m1/s1. The summed E-state index contributed by atoms with van der Waals surface area (Å²) in [7, 11) is 0. The van der Waals surface area contributed by atoms with Gasteiger partial charge in [0, 0.05) is 11.3 Å². The minimum absolute atomic E-state index is 0.172. The summed E-state index contributed by atoms with van der Waals surface area (Å²) in [5, 5.41) is 5.69. The maximum absolute atomic E-state index is 12.8. The Morgan fingerprint density at radius 2 is 1.72 bits per heavy atom. The highest BCUT2D eigenvalue weighted by atomic mass is 16.6. The van der Waals surface area contributed by atoms with E-state index in [9.17, 15) is 9.59 Å². The van der Waals surface area contributed by atoms with Crippen LogP contribution in [-0.2, 0) is 4.74 Å². The first-order valence-electron chi connectivity index (χ1n) is 9.72. The molecule has 0 fully saturated rings. The van der Waals surface area contributed by atoms with Gasteiger partial charge in [-0.05, 0) is 54.8 Å². The van der Waals surface area contributed by atoms with Crippen LogP contribution in [0, 0.1) is 5.92 Å². The molecule has 7 nitrogen and oxygen atoms in total. The van der Waals surface area contributed by atoms with E-state index in [-0.39, 0.29) is 17.9 Å². The second-order valence-corrected chi connectivity index (χ2v) is 7.02. The summed E-state index contributed by atoms with van der Waals surface area (Å²) >= 11 is 0. The van der Waals surface area contributed by atoms with E-state index in [2.05, 4.69) is 10.6 Å². The molecule has 154 valence electrons. The van der Waals surface area contributed by atoms with Crippen LogP contribution in [0.3, 0.4) is 0 Å². The van der Waals surface area contributed by atoms with Crippen molar-refractivity contribution in [1.29, 1.82) is 0 Å². The van der Waals surface area contributed by atoms with E-state index >= 15 is 0 Å². The summed E-state index contributed by atoms with van der Waals surface area (Å²) in [5.74, 6) is 1.40. The molecule has 1 aliphatic heterocycles. The van der Waals surface area contributed by atoms with Crippen LogP contribution in [0.1, 0.15) is 42.7 Å². The largest absolute Gasteiger partial charge is 0.486 e. The second kappa shape index (κ2) is 9.32. The Hall–Kier alpha value is -3.22. The lowest BCUT2D eigenvalue weighted by Gasteiger charge is -2.25. The first-order chi connectivity index (χ1) is 14.0. The normalized spacial score (nSPS) is 13.5. The molecule has 29 heavy (non-hydrogen) atoms. The Morgan fingerprint density at radius 1 is 1.03 bits per heavy atom. The average Bonchev–Trinajstić information content (AvgIpc) is 2.72. The fourth-order valence-corrected chi connectivity index (χ4v) is 3.10. The van der Waals surface area contributed by atoms with Crippen LogP contribution in [0.15, 0.2) is 42.5 Å². The number of ether oxygens (including phenoxy) is 3. The van der Waals surface area contributed by atoms with Gasteiger partial charge in [0.15, 0.2) is 11.5 Å². The van der Waals surface area contributed by atoms with Crippen LogP contribution in [0.5, 0.6) is 11.5 Å². The molecule has 2 N–H and O–H groups in total. The van der Waals surface area contributed by atoms with Crippen LogP contribution >= 0.6 is 0 Å². The molecule has 0 bridgehead atoms. The van der Waals surface area contributed by atoms with Crippen LogP contribution in [0.25, 0.3) is 0 Å². The molecule has 2 aromatic rings. The van der Waals surface area contributed by atoms with Crippen molar-refractivity contribution < 1.29 is 23.8 Å². The molecule has 0 spiro atoms. The Kier molecular flexibility index (Phi) is 6.59. The Bertz CT molecular complexity index is 864. The van der Waals surface area contributed by atoms with Gasteiger partial charge in [-0.15, -0.1) is 0 Å². The van der Waals surface area contributed by atoms with Gasteiger partial charge >= 0.3 is 6.09 Å². The summed E-state index contributed by atoms with van der Waals surface area (Å²) in [6.45, 7) is 7.18. The van der Waals surface area contributed by atoms with E-state index in [4.69, 9.17) is 14.2 Å². The monoisotopic (exact) mass is 398 g/mol. The first kappa shape index (κ1) is 20.5. The predicted molar refractivity (Wildman–Crippen MR) is 110 cm³/mol. The molecule has 0 saturated heterocycles. The number of hydrogen-bond acceptors (Lipinski definition) is 5. The fraction of sp³-hybridized carbons (Fsp3) is 0.364. The lowest BCUT2D eigenvalue weighted by atomic mass is 9.95. The third-order valence-electron chi connectivity index (χ3n) is 4.55. The van der Waals surface area contributed by atoms with Crippen molar-refractivity contribution in [1.82, 2.24) is 5.32 Å². The van der Waals surface area contributed by atoms with E-state index < -0.39 is 6.09 Å². The molecule has 2 aromatic carbocycles. The number of rotatable bonds is 6. The van der Waals surface area contributed by atoms with Crippen molar-refractivity contribution in [2.75, 3.05) is 25.1 Å². The molecule has 0 aliphatic carbocycles. The molecule has 0 unspecified atom stereocenters. The number of nitrogens with one attached hydrogen (secondary N) is 2. The van der Waals surface area contributed by atoms with Crippen molar-refractivity contribution in [3.63, 3.8) is 0 Å². The van der Waals surface area contributed by atoms with Crippen LogP contribution < -0.4 is 20.1 Å². The number of benzene rings is 2. The maximum atomic E-state index is 12.8. The predicted octanol–water partition coefficient (Wildman–Crippen LogP) is 4.15. The highest BCUT2D eigenvalue weighted by molar-refractivity contribution is 5.95. The van der Waals surface area contributed by atoms with Crippen LogP contribution in [0.4, 0.5) is 10.5 Å². The molecular formula is C22H26N2O5. The summed E-state index contributed by atoms with van der Waals surface area (Å²) in [6, 6.07) is 12.2. The summed E-state index contributed by atoms with van der Waals surface area (Å²) in [5.41, 5.74) is 2.02. The van der Waals surface area contributed by atoms with Crippen molar-refractivity contribution in [2.45, 2.75) is 26.8 Å². The number of carbonyl (C=O) groups is 2. The van der Waals surface area contributed by atoms with E-state index in [0.717, 1.165) is 11.3 Å². The van der Waals surface area contributed by atoms with Crippen LogP contribution in [0.2, 0.25) is 0 Å². The van der Waals surface area contributed by atoms with E-state index in [1.807, 2.05) is 32.0 Å². The average molecular weight is 398 g/mol. The number of carbonyl (C=O) groups excluding carboxylic acids is 2. The molecule has 1 aliphatic rings. The van der Waals surface area contributed by atoms with Gasteiger partial charge < -0.3 is 19.5 Å². The Morgan fingerprint density at radius 3 is 2.38 bits per heavy atom. The van der Waals surface area contributed by atoms with Crippen molar-refractivity contribution in [3.05, 3.63) is 53.6 Å². The molecule has 0 aromatic heterocycles. The molecule has 2 amide bonds. The van der Waals surface area contributed by atoms with Crippen molar-refractivity contribution >= 4 is 17.7 Å². The molecule has 7 heteroatoms. The maximum Gasteiger partial charge on any atom is 0.411 e. The molecular weight excluding hydrogens is 372 g/mol. The van der Waals surface area contributed by atoms with Gasteiger partial charge in [-0.25, -0.2) is 4.79 Å². The van der Waals surface area contributed by atoms with Gasteiger partial charge in [-0.1, -0.05) is 19.9 Å². The summed E-state index contributed by atoms with van der Waals surface area (Å²) in [4.78, 5) is 24.3. The number of fused-ring (bicyclic) bond motifs is 1. The van der Waals surface area contributed by atoms with E-state index in [1.54, 1.807) is 31.2 Å². The minimum atomic E-state index is -0.525. The summed E-state index contributed by atoms with van der Waals surface area (Å²) < 4.78 is 16.1. The first-order valence-corrected chi connectivity index (χ1v) is 9.72. The van der Waals surface area contributed by atoms with Gasteiger partial charge in [-0.2, -0.15) is 0 Å².